The second-order valence-corrected chi connectivity index (χ2v) is 17.5. The Labute approximate surface area is 107 Å². The van der Waals surface area contributed by atoms with E-state index < -0.39 is 21.3 Å². The Morgan fingerprint density at radius 1 is 1.27 bits per heavy atom. The summed E-state index contributed by atoms with van der Waals surface area (Å²) in [6.07, 6.45) is 5.22. The van der Waals surface area contributed by atoms with E-state index in [1.807, 2.05) is 0 Å². The molecule has 1 atom stereocenters. The number of carbonyl (C=O) groups excluding carboxylic acids is 1. The summed E-state index contributed by atoms with van der Waals surface area (Å²) in [6.45, 7) is 2.13. The normalized spacial score (nSPS) is 14.1. The number of rotatable bonds is 8. The minimum absolute atomic E-state index is 0. The number of hydrogen-bond donors (Lipinski definition) is 1. The monoisotopic (exact) mass is 395 g/mol. The summed E-state index contributed by atoms with van der Waals surface area (Å²) in [5.41, 5.74) is 0. The fraction of sp³-hybridized carbons (Fsp3) is 0.875. The van der Waals surface area contributed by atoms with Crippen molar-refractivity contribution < 1.29 is 7.90 Å². The van der Waals surface area contributed by atoms with Crippen LogP contribution >= 0.6 is 26.9 Å². The third-order valence-corrected chi connectivity index (χ3v) is 4.52. The van der Waals surface area contributed by atoms with E-state index in [9.17, 15) is 4.79 Å². The molecule has 0 heterocycles. The van der Waals surface area contributed by atoms with Crippen LogP contribution in [0.1, 0.15) is 39.0 Å². The van der Waals surface area contributed by atoms with Crippen LogP contribution in [0.25, 0.3) is 0 Å². The molecule has 0 rings (SSSR count). The van der Waals surface area contributed by atoms with Crippen LogP contribution < -0.4 is 6.15 Å². The van der Waals surface area contributed by atoms with Crippen molar-refractivity contribution in [3.63, 3.8) is 0 Å². The van der Waals surface area contributed by atoms with Crippen LogP contribution in [0.3, 0.4) is 0 Å². The van der Waals surface area contributed by atoms with E-state index in [1.165, 1.54) is 6.42 Å². The average Bonchev–Trinajstić information content (AvgIpc) is 2.08. The Morgan fingerprint density at radius 3 is 2.27 bits per heavy atom. The molecule has 0 aromatic carbocycles. The maximum absolute atomic E-state index is 10.6. The van der Waals surface area contributed by atoms with Gasteiger partial charge in [0.15, 0.2) is 0 Å². The van der Waals surface area contributed by atoms with Crippen LogP contribution in [-0.2, 0) is 7.90 Å². The zero-order chi connectivity index (χ0) is 11.0. The maximum Gasteiger partial charge on any atom is -0.344 e. The molecule has 0 amide bonds. The van der Waals surface area contributed by atoms with Gasteiger partial charge in [-0.15, -0.1) is 0 Å². The van der Waals surface area contributed by atoms with E-state index in [0.29, 0.717) is 6.42 Å². The number of halogens is 3. The molecule has 7 heteroatoms. The summed E-state index contributed by atoms with van der Waals surface area (Å²) in [5, 5.41) is 0. The van der Waals surface area contributed by atoms with Crippen LogP contribution in [0.2, 0.25) is 0 Å². The Balaban J connectivity index is 0. The summed E-state index contributed by atoms with van der Waals surface area (Å²) in [7, 11) is 16.8. The summed E-state index contributed by atoms with van der Waals surface area (Å²) in [6, 6.07) is 0. The van der Waals surface area contributed by atoms with E-state index >= 15 is 0 Å². The van der Waals surface area contributed by atoms with Gasteiger partial charge in [-0.05, 0) is 0 Å². The Kier molecular flexibility index (Phi) is 12.9. The third kappa shape index (κ3) is 13.2. The fourth-order valence-electron chi connectivity index (χ4n) is 1.05. The smallest absolute Gasteiger partial charge is 0.344 e. The van der Waals surface area contributed by atoms with E-state index in [4.69, 9.17) is 30.0 Å². The Bertz CT molecular complexity index is 166. The molecule has 0 aliphatic heterocycles. The van der Waals surface area contributed by atoms with Crippen LogP contribution in [0, 0.1) is 0 Å². The summed E-state index contributed by atoms with van der Waals surface area (Å²) < 4.78 is 5.09. The van der Waals surface area contributed by atoms with Gasteiger partial charge in [-0.25, -0.2) is 0 Å². The average molecular weight is 394 g/mol. The van der Waals surface area contributed by atoms with Crippen molar-refractivity contribution in [2.75, 3.05) is 0 Å². The van der Waals surface area contributed by atoms with Crippen molar-refractivity contribution in [2.45, 2.75) is 45.1 Å². The maximum atomic E-state index is 10.6. The number of aldehydes is 1. The molecule has 0 aliphatic carbocycles. The van der Waals surface area contributed by atoms with Crippen LogP contribution in [0.5, 0.6) is 0 Å². The fourth-order valence-corrected chi connectivity index (χ4v) is 4.14. The van der Waals surface area contributed by atoms with Gasteiger partial charge in [0.05, 0.1) is 0 Å². The number of carbonyl (C=O) groups is 1. The molecule has 0 bridgehead atoms. The van der Waals surface area contributed by atoms with Gasteiger partial charge in [0.25, 0.3) is 0 Å². The van der Waals surface area contributed by atoms with E-state index in [0.717, 1.165) is 25.5 Å². The molecule has 0 aromatic rings. The molecule has 3 nitrogen and oxygen atoms in total. The number of hydrogen-bond acceptors (Lipinski definition) is 3. The van der Waals surface area contributed by atoms with E-state index in [1.54, 1.807) is 0 Å². The predicted molar refractivity (Wildman–Crippen MR) is 68.0 cm³/mol. The first-order valence-electron chi connectivity index (χ1n) is 4.55. The molecule has 0 saturated heterocycles. The van der Waals surface area contributed by atoms with E-state index in [-0.39, 0.29) is 6.15 Å². The van der Waals surface area contributed by atoms with Crippen LogP contribution in [0.15, 0.2) is 0 Å². The first-order valence-corrected chi connectivity index (χ1v) is 14.4. The molecule has 0 saturated carbocycles. The van der Waals surface area contributed by atoms with Gasteiger partial charge >= 0.3 is 101 Å². The first-order chi connectivity index (χ1) is 6.49. The molecular formula is C8H18Cl3NO2Te. The SMILES string of the molecule is CCCCCCC(C=O)O[Te](Cl)(Cl)Cl.N. The van der Waals surface area contributed by atoms with Gasteiger partial charge in [-0.2, -0.15) is 0 Å². The predicted octanol–water partition coefficient (Wildman–Crippen LogP) is 3.85. The Hall–Kier alpha value is 1.25. The standard InChI is InChI=1S/C8H15Cl3O2Te.H3N/c1-2-3-4-5-6-8(7-12)13-14(9,10)11;/h7-8H,2-6H2,1H3;1H3. The van der Waals surface area contributed by atoms with Gasteiger partial charge in [0.2, 0.25) is 0 Å². The van der Waals surface area contributed by atoms with Crippen molar-refractivity contribution in [2.24, 2.45) is 0 Å². The largest absolute Gasteiger partial charge is 0.344 e. The molecular weight excluding hydrogens is 376 g/mol. The van der Waals surface area contributed by atoms with Gasteiger partial charge in [-0.3, -0.25) is 0 Å². The van der Waals surface area contributed by atoms with Crippen molar-refractivity contribution in [3.05, 3.63) is 0 Å². The minimum atomic E-state index is -3.61. The summed E-state index contributed by atoms with van der Waals surface area (Å²) >= 11 is -3.61. The molecule has 0 radical (unpaired) electrons. The second kappa shape index (κ2) is 10.4. The molecule has 3 N–H and O–H groups in total. The minimum Gasteiger partial charge on any atom is -0.344 e. The van der Waals surface area contributed by atoms with Crippen LogP contribution in [0.4, 0.5) is 0 Å². The second-order valence-electron chi connectivity index (χ2n) is 2.98. The molecule has 0 aliphatic rings. The summed E-state index contributed by atoms with van der Waals surface area (Å²) in [4.78, 5) is 10.6. The van der Waals surface area contributed by atoms with Gasteiger partial charge < -0.3 is 6.15 Å². The van der Waals surface area contributed by atoms with E-state index in [2.05, 4.69) is 6.92 Å². The quantitative estimate of drug-likeness (QED) is 0.387. The third-order valence-electron chi connectivity index (χ3n) is 1.73. The first kappa shape index (κ1) is 18.6. The van der Waals surface area contributed by atoms with Crippen molar-refractivity contribution in [1.82, 2.24) is 6.15 Å². The van der Waals surface area contributed by atoms with Crippen molar-refractivity contribution in [3.8, 4) is 0 Å². The number of unbranched alkanes of at least 4 members (excludes halogenated alkanes) is 3. The van der Waals surface area contributed by atoms with Gasteiger partial charge in [0, 0.05) is 0 Å². The molecule has 0 spiro atoms. The summed E-state index contributed by atoms with van der Waals surface area (Å²) in [5.74, 6) is 0. The van der Waals surface area contributed by atoms with Crippen LogP contribution in [-0.4, -0.2) is 27.6 Å². The topological polar surface area (TPSA) is 61.3 Å². The molecule has 15 heavy (non-hydrogen) atoms. The Morgan fingerprint density at radius 2 is 1.87 bits per heavy atom. The van der Waals surface area contributed by atoms with Crippen molar-refractivity contribution in [1.29, 1.82) is 0 Å². The molecule has 94 valence electrons. The zero-order valence-corrected chi connectivity index (χ0v) is 13.4. The zero-order valence-electron chi connectivity index (χ0n) is 8.76. The molecule has 0 aromatic heterocycles. The molecule has 0 fully saturated rings. The molecule has 1 unspecified atom stereocenters. The van der Waals surface area contributed by atoms with Crippen molar-refractivity contribution >= 4 is 48.4 Å². The van der Waals surface area contributed by atoms with Gasteiger partial charge in [0.1, 0.15) is 0 Å². The van der Waals surface area contributed by atoms with Gasteiger partial charge in [-0.1, -0.05) is 0 Å².